The van der Waals surface area contributed by atoms with Crippen LogP contribution in [0.15, 0.2) is 5.16 Å². The molecular formula is C9H18N2O. The van der Waals surface area contributed by atoms with Gasteiger partial charge in [-0.25, -0.2) is 0 Å². The Morgan fingerprint density at radius 3 is 3.00 bits per heavy atom. The Balaban J connectivity index is 2.47. The summed E-state index contributed by atoms with van der Waals surface area (Å²) in [4.78, 5) is 2.36. The highest BCUT2D eigenvalue weighted by atomic mass is 16.4. The van der Waals surface area contributed by atoms with Crippen molar-refractivity contribution < 1.29 is 5.21 Å². The molecule has 0 aromatic rings. The number of hydrogen-bond acceptors (Lipinski definition) is 3. The fraction of sp³-hybridized carbons (Fsp3) is 0.889. The quantitative estimate of drug-likeness (QED) is 0.506. The predicted molar refractivity (Wildman–Crippen MR) is 49.8 cm³/mol. The lowest BCUT2D eigenvalue weighted by molar-refractivity contribution is 0.217. The normalized spacial score (nSPS) is 29.5. The van der Waals surface area contributed by atoms with Crippen molar-refractivity contribution in [2.45, 2.75) is 38.6 Å². The lowest BCUT2D eigenvalue weighted by Gasteiger charge is -2.32. The van der Waals surface area contributed by atoms with Gasteiger partial charge in [-0.15, -0.1) is 0 Å². The van der Waals surface area contributed by atoms with Crippen LogP contribution in [0.1, 0.15) is 32.6 Å². The fourth-order valence-corrected chi connectivity index (χ4v) is 1.76. The first-order valence-electron chi connectivity index (χ1n) is 4.68. The van der Waals surface area contributed by atoms with Crippen LogP contribution in [0.3, 0.4) is 0 Å². The minimum absolute atomic E-state index is 0.592. The smallest absolute Gasteiger partial charge is 0.0599 e. The monoisotopic (exact) mass is 170 g/mol. The van der Waals surface area contributed by atoms with Crippen LogP contribution in [0.2, 0.25) is 0 Å². The Hall–Kier alpha value is -0.570. The maximum absolute atomic E-state index is 8.63. The van der Waals surface area contributed by atoms with Gasteiger partial charge in [0.1, 0.15) is 0 Å². The molecule has 1 heterocycles. The van der Waals surface area contributed by atoms with Crippen molar-refractivity contribution in [2.24, 2.45) is 5.16 Å². The highest BCUT2D eigenvalue weighted by Crippen LogP contribution is 2.17. The third-order valence-electron chi connectivity index (χ3n) is 2.61. The topological polar surface area (TPSA) is 35.8 Å². The van der Waals surface area contributed by atoms with Gasteiger partial charge in [0.25, 0.3) is 0 Å². The van der Waals surface area contributed by atoms with E-state index in [9.17, 15) is 0 Å². The molecule has 0 saturated carbocycles. The van der Waals surface area contributed by atoms with Gasteiger partial charge < -0.3 is 10.1 Å². The molecule has 12 heavy (non-hydrogen) atoms. The number of nitrogens with zero attached hydrogens (tertiary/aromatic N) is 2. The third-order valence-corrected chi connectivity index (χ3v) is 2.61. The molecule has 0 radical (unpaired) electrons. The zero-order valence-electron chi connectivity index (χ0n) is 7.95. The summed E-state index contributed by atoms with van der Waals surface area (Å²) >= 11 is 0. The molecule has 0 amide bonds. The van der Waals surface area contributed by atoms with Gasteiger partial charge in [-0.1, -0.05) is 18.5 Å². The number of hydrogen-bond donors (Lipinski definition) is 1. The van der Waals surface area contributed by atoms with Crippen LogP contribution in [-0.4, -0.2) is 35.5 Å². The van der Waals surface area contributed by atoms with E-state index in [2.05, 4.69) is 24.0 Å². The number of oxime groups is 1. The summed E-state index contributed by atoms with van der Waals surface area (Å²) in [5.41, 5.74) is 0.964. The van der Waals surface area contributed by atoms with E-state index in [0.29, 0.717) is 6.04 Å². The maximum atomic E-state index is 8.63. The molecule has 70 valence electrons. The average molecular weight is 170 g/mol. The van der Waals surface area contributed by atoms with E-state index < -0.39 is 0 Å². The number of rotatable bonds is 2. The standard InChI is InChI=1S/C9H18N2O/c1-3-4-9-7-8(10-12)5-6-11(9)2/h9,12H,3-7H2,1-2H3/b10-8+. The second-order valence-electron chi connectivity index (χ2n) is 3.54. The van der Waals surface area contributed by atoms with Gasteiger partial charge >= 0.3 is 0 Å². The van der Waals surface area contributed by atoms with Crippen LogP contribution in [0, 0.1) is 0 Å². The average Bonchev–Trinajstić information content (AvgIpc) is 2.09. The predicted octanol–water partition coefficient (Wildman–Crippen LogP) is 1.71. The van der Waals surface area contributed by atoms with Gasteiger partial charge in [0.15, 0.2) is 0 Å². The van der Waals surface area contributed by atoms with E-state index in [4.69, 9.17) is 5.21 Å². The molecule has 3 nitrogen and oxygen atoms in total. The van der Waals surface area contributed by atoms with E-state index in [1.807, 2.05) is 0 Å². The molecule has 1 rings (SSSR count). The summed E-state index contributed by atoms with van der Waals surface area (Å²) < 4.78 is 0. The van der Waals surface area contributed by atoms with Crippen molar-refractivity contribution in [3.8, 4) is 0 Å². The highest BCUT2D eigenvalue weighted by molar-refractivity contribution is 5.85. The molecule has 1 N–H and O–H groups in total. The van der Waals surface area contributed by atoms with Gasteiger partial charge in [-0.05, 0) is 13.5 Å². The molecule has 1 saturated heterocycles. The van der Waals surface area contributed by atoms with Gasteiger partial charge in [0.05, 0.1) is 5.71 Å². The van der Waals surface area contributed by atoms with Crippen LogP contribution in [-0.2, 0) is 0 Å². The second-order valence-corrected chi connectivity index (χ2v) is 3.54. The molecule has 0 spiro atoms. The van der Waals surface area contributed by atoms with Gasteiger partial charge in [0.2, 0.25) is 0 Å². The van der Waals surface area contributed by atoms with Crippen molar-refractivity contribution in [1.82, 2.24) is 4.90 Å². The molecule has 1 aliphatic heterocycles. The zero-order valence-corrected chi connectivity index (χ0v) is 7.95. The van der Waals surface area contributed by atoms with Crippen LogP contribution in [0.5, 0.6) is 0 Å². The van der Waals surface area contributed by atoms with Crippen molar-refractivity contribution >= 4 is 5.71 Å². The van der Waals surface area contributed by atoms with Gasteiger partial charge in [0, 0.05) is 25.4 Å². The molecule has 1 unspecified atom stereocenters. The van der Waals surface area contributed by atoms with Gasteiger partial charge in [-0.2, -0.15) is 0 Å². The van der Waals surface area contributed by atoms with Crippen molar-refractivity contribution in [1.29, 1.82) is 0 Å². The first kappa shape index (κ1) is 9.52. The number of piperidine rings is 1. The highest BCUT2D eigenvalue weighted by Gasteiger charge is 2.21. The minimum Gasteiger partial charge on any atom is -0.411 e. The summed E-state index contributed by atoms with van der Waals surface area (Å²) in [5.74, 6) is 0. The SMILES string of the molecule is CCCC1C/C(=N/O)CCN1C. The van der Waals surface area contributed by atoms with Crippen LogP contribution < -0.4 is 0 Å². The minimum atomic E-state index is 0.592. The van der Waals surface area contributed by atoms with E-state index >= 15 is 0 Å². The zero-order chi connectivity index (χ0) is 8.97. The molecular weight excluding hydrogens is 152 g/mol. The van der Waals surface area contributed by atoms with Crippen molar-refractivity contribution in [3.05, 3.63) is 0 Å². The first-order valence-corrected chi connectivity index (χ1v) is 4.68. The third kappa shape index (κ3) is 2.21. The van der Waals surface area contributed by atoms with E-state index in [1.54, 1.807) is 0 Å². The lowest BCUT2D eigenvalue weighted by Crippen LogP contribution is -2.39. The summed E-state index contributed by atoms with van der Waals surface area (Å²) in [7, 11) is 2.15. The maximum Gasteiger partial charge on any atom is 0.0599 e. The lowest BCUT2D eigenvalue weighted by atomic mass is 9.97. The van der Waals surface area contributed by atoms with E-state index in [0.717, 1.165) is 25.1 Å². The van der Waals surface area contributed by atoms with E-state index in [-0.39, 0.29) is 0 Å². The first-order chi connectivity index (χ1) is 5.77. The Bertz CT molecular complexity index is 168. The molecule has 1 aliphatic rings. The Morgan fingerprint density at radius 2 is 2.42 bits per heavy atom. The molecule has 3 heteroatoms. The van der Waals surface area contributed by atoms with Crippen LogP contribution in [0.4, 0.5) is 0 Å². The Kier molecular flexibility index (Phi) is 3.53. The summed E-state index contributed by atoms with van der Waals surface area (Å²) in [6, 6.07) is 0.592. The van der Waals surface area contributed by atoms with Crippen molar-refractivity contribution in [2.75, 3.05) is 13.6 Å². The summed E-state index contributed by atoms with van der Waals surface area (Å²) in [6.07, 6.45) is 4.28. The molecule has 1 atom stereocenters. The molecule has 0 aromatic carbocycles. The van der Waals surface area contributed by atoms with Gasteiger partial charge in [-0.3, -0.25) is 0 Å². The van der Waals surface area contributed by atoms with Crippen molar-refractivity contribution in [3.63, 3.8) is 0 Å². The molecule has 0 aliphatic carbocycles. The second kappa shape index (κ2) is 4.45. The van der Waals surface area contributed by atoms with Crippen LogP contribution in [0.25, 0.3) is 0 Å². The fourth-order valence-electron chi connectivity index (χ4n) is 1.76. The summed E-state index contributed by atoms with van der Waals surface area (Å²) in [5, 5.41) is 11.9. The molecule has 1 fully saturated rings. The Morgan fingerprint density at radius 1 is 1.67 bits per heavy atom. The van der Waals surface area contributed by atoms with E-state index in [1.165, 1.54) is 12.8 Å². The largest absolute Gasteiger partial charge is 0.411 e. The molecule has 0 aromatic heterocycles. The Labute approximate surface area is 74.1 Å². The van der Waals surface area contributed by atoms with Crippen LogP contribution >= 0.6 is 0 Å². The molecule has 0 bridgehead atoms. The number of likely N-dealkylation sites (tertiary alicyclic amines) is 1. The summed E-state index contributed by atoms with van der Waals surface area (Å²) in [6.45, 7) is 3.22.